The van der Waals surface area contributed by atoms with Crippen molar-refractivity contribution in [3.63, 3.8) is 0 Å². The van der Waals surface area contributed by atoms with Crippen LogP contribution in [0.3, 0.4) is 0 Å². The highest BCUT2D eigenvalue weighted by Crippen LogP contribution is 2.52. The Bertz CT molecular complexity index is 9430. The molecule has 13 aromatic carbocycles. The van der Waals surface area contributed by atoms with Crippen molar-refractivity contribution in [1.29, 1.82) is 0 Å². The number of aryl methyl sites for hydroxylation is 15. The zero-order valence-electron chi connectivity index (χ0n) is 85.9. The van der Waals surface area contributed by atoms with E-state index >= 15 is 0 Å². The number of rotatable bonds is 12. The largest absolute Gasteiger partial charge is 0.455 e. The van der Waals surface area contributed by atoms with Crippen LogP contribution in [0, 0.1) is 114 Å². The van der Waals surface area contributed by atoms with Gasteiger partial charge in [-0.3, -0.25) is 0 Å². The molecule has 10 aromatic heterocycles. The van der Waals surface area contributed by atoms with Crippen molar-refractivity contribution in [3.05, 3.63) is 428 Å². The fourth-order valence-electron chi connectivity index (χ4n) is 21.4. The molecule has 0 saturated carbocycles. The summed E-state index contributed by atoms with van der Waals surface area (Å²) >= 11 is 0. The van der Waals surface area contributed by atoms with Crippen LogP contribution in [-0.4, -0.2) is 0 Å². The molecule has 23 aromatic rings. The van der Waals surface area contributed by atoms with Gasteiger partial charge in [0.15, 0.2) is 59.4 Å². The molecule has 146 heavy (non-hydrogen) atoms. The third-order valence-electron chi connectivity index (χ3n) is 28.2. The maximum Gasteiger partial charge on any atom is 0.216 e. The normalized spacial score (nSPS) is 11.3. The molecule has 23 rings (SSSR count). The standard InChI is InChI=1S/3C27H21N2O.2C25H25N2O/c1-17-13-14-20-21-16-22(28-3)25(19-10-6-5-7-11-19)18(2)26(21)30-27(20)24(17)23-12-8-9-15-29(23)4;1-17-13-14-20-25-24(19-10-6-5-7-11-19)21(28-3)16-18(2)26(25)30-27(20)23(17)22-12-8-9-15-29(22)4;1-17-15-21(19-10-6-5-7-11-19)25-22-16-20(28-3)14-18(2)26(22)30-27(25)24(17)23-12-8-9-13-29(23)4;1-15(2)13-19-20(26-5)14-17(4)24-23(19)18-11-10-16(3)22(25(18)28-24)21-9-7-8-12-27(21)6;1-15(2)11-18-12-16(3)22(21-9-7-8-10-27(21)6)25-23(18)20-14-19(26-5)13-17(4)24(20)28-25/h3*5-16H,1-2,4H3;7-12,14-15H,13H2,1-4,6H3;7-10,12-15H,11H2,1-4,6H3/q5*+1. The van der Waals surface area contributed by atoms with Crippen molar-refractivity contribution in [3.8, 4) is 89.7 Å². The molecule has 0 radical (unpaired) electrons. The smallest absolute Gasteiger partial charge is 0.216 e. The van der Waals surface area contributed by atoms with E-state index in [4.69, 9.17) is 54.9 Å². The van der Waals surface area contributed by atoms with Crippen molar-refractivity contribution in [2.45, 2.75) is 110 Å². The highest BCUT2D eigenvalue weighted by atomic mass is 16.3. The van der Waals surface area contributed by atoms with Gasteiger partial charge < -0.3 is 22.1 Å². The second-order valence-electron chi connectivity index (χ2n) is 39.2. The molecule has 0 fully saturated rings. The molecule has 10 heterocycles. The van der Waals surface area contributed by atoms with E-state index < -0.39 is 0 Å². The molecule has 0 bridgehead atoms. The first kappa shape index (κ1) is 96.9. The van der Waals surface area contributed by atoms with Gasteiger partial charge in [-0.15, -0.1) is 0 Å². The predicted molar refractivity (Wildman–Crippen MR) is 594 cm³/mol. The van der Waals surface area contributed by atoms with Gasteiger partial charge in [0.1, 0.15) is 91.1 Å². The van der Waals surface area contributed by atoms with Crippen molar-refractivity contribution in [2.75, 3.05) is 0 Å². The fraction of sp³-hybridized carbons (Fsp3) is 0.176. The molecule has 712 valence electrons. The number of pyridine rings is 5. The summed E-state index contributed by atoms with van der Waals surface area (Å²) in [5.41, 5.74) is 42.7. The molecule has 0 aliphatic rings. The fourth-order valence-corrected chi connectivity index (χ4v) is 21.4. The monoisotopic (exact) mass is 1910 g/mol. The SMILES string of the molecule is [C-]#[N+]c1cc(C)c2oc3c(-c4cccc[n+]4C)c(C)cc(-c4ccccc4)c3c2c1.[C-]#[N+]c1cc(C)c2oc3c(-c4cccc[n+]4C)c(C)cc(CC(C)C)c3c2c1.[C-]#[N+]c1cc(C)c2oc3c(-c4cccc[n+]4C)c(C)ccc3c2c1-c1ccccc1.[C-]#[N+]c1cc(C)c2oc3c(-c4cccc[n+]4C)c(C)ccc3c2c1CC(C)C.[C-]#[N+]c1cc2c(oc3c(-c4cccc[n+]4C)c(C)ccc32)c(C)c1-c1ccccc1. The quantitative estimate of drug-likeness (QED) is 0.0895. The van der Waals surface area contributed by atoms with Crippen LogP contribution in [0.2, 0.25) is 0 Å². The van der Waals surface area contributed by atoms with Gasteiger partial charge >= 0.3 is 0 Å². The third kappa shape index (κ3) is 17.7. The molecule has 0 spiro atoms. The van der Waals surface area contributed by atoms with Gasteiger partial charge in [0.2, 0.25) is 28.5 Å². The van der Waals surface area contributed by atoms with Crippen LogP contribution in [0.5, 0.6) is 0 Å². The summed E-state index contributed by atoms with van der Waals surface area (Å²) in [5.74, 6) is 1.00. The van der Waals surface area contributed by atoms with Gasteiger partial charge in [-0.1, -0.05) is 161 Å². The van der Waals surface area contributed by atoms with Crippen molar-refractivity contribution in [2.24, 2.45) is 47.1 Å². The Morgan fingerprint density at radius 2 is 0.582 bits per heavy atom. The topological polar surface area (TPSA) is 107 Å². The highest BCUT2D eigenvalue weighted by molar-refractivity contribution is 6.21. The molecule has 0 N–H and O–H groups in total. The van der Waals surface area contributed by atoms with Gasteiger partial charge in [0.25, 0.3) is 0 Å². The number of furan rings is 5. The second-order valence-corrected chi connectivity index (χ2v) is 39.2. The van der Waals surface area contributed by atoms with Crippen LogP contribution in [0.15, 0.2) is 326 Å². The second kappa shape index (κ2) is 40.2. The predicted octanol–water partition coefficient (Wildman–Crippen LogP) is 33.6. The van der Waals surface area contributed by atoms with E-state index in [-0.39, 0.29) is 0 Å². The molecule has 0 unspecified atom stereocenters. The van der Waals surface area contributed by atoms with Crippen LogP contribution in [-0.2, 0) is 48.1 Å². The summed E-state index contributed by atoms with van der Waals surface area (Å²) < 4.78 is 43.3. The lowest BCUT2D eigenvalue weighted by atomic mass is 9.91. The summed E-state index contributed by atoms with van der Waals surface area (Å²) in [6.07, 6.45) is 12.1. The first-order valence-corrected chi connectivity index (χ1v) is 49.4. The minimum Gasteiger partial charge on any atom is -0.455 e. The summed E-state index contributed by atoms with van der Waals surface area (Å²) in [4.78, 5) is 18.9. The first-order valence-electron chi connectivity index (χ1n) is 49.4. The molecular weight excluding hydrogens is 1790 g/mol. The molecule has 0 atom stereocenters. The maximum atomic E-state index is 7.80. The third-order valence-corrected chi connectivity index (χ3v) is 28.2. The number of fused-ring (bicyclic) bond motifs is 15. The molecule has 0 aliphatic heterocycles. The summed E-state index contributed by atoms with van der Waals surface area (Å²) in [6.45, 7) is 68.0. The molecule has 0 amide bonds. The van der Waals surface area contributed by atoms with E-state index in [1.54, 1.807) is 0 Å². The van der Waals surface area contributed by atoms with Gasteiger partial charge in [0.05, 0.1) is 60.7 Å². The minimum absolute atomic E-state index is 0.466. The van der Waals surface area contributed by atoms with E-state index in [0.29, 0.717) is 34.6 Å². The van der Waals surface area contributed by atoms with Crippen molar-refractivity contribution >= 4 is 138 Å². The van der Waals surface area contributed by atoms with Crippen molar-refractivity contribution < 1.29 is 44.9 Å². The number of hydrogen-bond donors (Lipinski definition) is 0. The Hall–Kier alpha value is -17.9. The summed E-state index contributed by atoms with van der Waals surface area (Å²) in [7, 11) is 10.3. The Balaban J connectivity index is 0.000000115. The minimum atomic E-state index is 0.466. The maximum absolute atomic E-state index is 7.80. The van der Waals surface area contributed by atoms with Crippen LogP contribution in [0.4, 0.5) is 28.4 Å². The average Bonchev–Trinajstić information content (AvgIpc) is 1.58. The van der Waals surface area contributed by atoms with E-state index in [1.807, 2.05) is 194 Å². The van der Waals surface area contributed by atoms with Crippen LogP contribution in [0.1, 0.15) is 94.5 Å². The van der Waals surface area contributed by atoms with Gasteiger partial charge in [-0.25, -0.2) is 47.1 Å². The number of aromatic nitrogens is 5. The average molecular weight is 1910 g/mol. The highest BCUT2D eigenvalue weighted by Gasteiger charge is 2.32. The lowest BCUT2D eigenvalue weighted by molar-refractivity contribution is -0.660. The van der Waals surface area contributed by atoms with E-state index in [0.717, 1.165) is 268 Å². The van der Waals surface area contributed by atoms with E-state index in [9.17, 15) is 0 Å². The van der Waals surface area contributed by atoms with Crippen LogP contribution in [0.25, 0.3) is 224 Å². The van der Waals surface area contributed by atoms with Crippen molar-refractivity contribution in [1.82, 2.24) is 0 Å². The number of hydrogen-bond acceptors (Lipinski definition) is 5. The zero-order valence-corrected chi connectivity index (χ0v) is 85.9. The zero-order chi connectivity index (χ0) is 102. The number of benzene rings is 13. The van der Waals surface area contributed by atoms with E-state index in [2.05, 4.69) is 289 Å². The van der Waals surface area contributed by atoms with Crippen LogP contribution >= 0.6 is 0 Å². The Kier molecular flexibility index (Phi) is 26.7. The Morgan fingerprint density at radius 1 is 0.240 bits per heavy atom. The molecular formula is C131H113N10O5+5. The summed E-state index contributed by atoms with van der Waals surface area (Å²) in [6, 6.07) is 92.7. The molecule has 0 saturated heterocycles. The lowest BCUT2D eigenvalue weighted by Gasteiger charge is -2.12. The van der Waals surface area contributed by atoms with Gasteiger partial charge in [0, 0.05) is 115 Å². The lowest BCUT2D eigenvalue weighted by Crippen LogP contribution is -2.30. The Labute approximate surface area is 851 Å². The van der Waals surface area contributed by atoms with Crippen LogP contribution < -0.4 is 22.8 Å². The molecule has 15 heteroatoms. The van der Waals surface area contributed by atoms with E-state index in [1.165, 1.54) is 16.7 Å². The van der Waals surface area contributed by atoms with Gasteiger partial charge in [-0.2, -0.15) is 0 Å². The number of nitrogens with zero attached hydrogens (tertiary/aromatic N) is 10. The first-order chi connectivity index (χ1) is 70.6. The molecule has 15 nitrogen and oxygen atoms in total. The Morgan fingerprint density at radius 3 is 1.01 bits per heavy atom. The van der Waals surface area contributed by atoms with Gasteiger partial charge in [-0.05, 0) is 273 Å². The molecule has 0 aliphatic carbocycles. The summed E-state index contributed by atoms with van der Waals surface area (Å²) in [5, 5.41) is 10.6.